The molecule has 34 heavy (non-hydrogen) atoms. The van der Waals surface area contributed by atoms with Crippen molar-refractivity contribution in [3.63, 3.8) is 0 Å². The molecule has 1 saturated carbocycles. The maximum absolute atomic E-state index is 13.5. The first-order valence-electron chi connectivity index (χ1n) is 12.5. The molecule has 0 bridgehead atoms. The number of nitrogens with two attached hydrogens (primary N) is 1. The number of rotatable bonds is 4. The number of carbonyl (C=O) groups is 2. The standard InChI is InChI=1S/C27H39N5O2/c1-17-6-7-18(2)19(12-17)14-31-16-29-22-13-23(25(33)30-21-10-8-20(28)9-11-21)32(15-24(22)31)26(34)27(3,4)5/h6-7,12,16,20-21,23H,8-11,13-15,28H2,1-5H3,(H,30,33). The first-order valence-corrected chi connectivity index (χ1v) is 12.5. The van der Waals surface area contributed by atoms with Gasteiger partial charge in [-0.15, -0.1) is 0 Å². The number of amides is 2. The molecule has 1 aromatic carbocycles. The van der Waals surface area contributed by atoms with Crippen LogP contribution in [0.15, 0.2) is 24.5 Å². The Balaban J connectivity index is 1.59. The Morgan fingerprint density at radius 3 is 2.53 bits per heavy atom. The van der Waals surface area contributed by atoms with E-state index in [1.54, 1.807) is 4.90 Å². The van der Waals surface area contributed by atoms with Gasteiger partial charge in [0.15, 0.2) is 0 Å². The molecule has 2 amide bonds. The summed E-state index contributed by atoms with van der Waals surface area (Å²) in [7, 11) is 0. The molecule has 0 saturated heterocycles. The van der Waals surface area contributed by atoms with Crippen LogP contribution >= 0.6 is 0 Å². The number of nitrogens with one attached hydrogen (secondary N) is 1. The van der Waals surface area contributed by atoms with Crippen LogP contribution in [0, 0.1) is 19.3 Å². The third-order valence-corrected chi connectivity index (χ3v) is 7.28. The summed E-state index contributed by atoms with van der Waals surface area (Å²) in [6.45, 7) is 11.0. The second kappa shape index (κ2) is 9.53. The fraction of sp³-hybridized carbons (Fsp3) is 0.593. The minimum atomic E-state index is -0.578. The quantitative estimate of drug-likeness (QED) is 0.725. The van der Waals surface area contributed by atoms with Gasteiger partial charge < -0.3 is 20.5 Å². The topological polar surface area (TPSA) is 93.2 Å². The maximum atomic E-state index is 13.5. The molecule has 2 heterocycles. The molecule has 1 aliphatic heterocycles. The molecule has 1 unspecified atom stereocenters. The Morgan fingerprint density at radius 1 is 1.15 bits per heavy atom. The number of aromatic nitrogens is 2. The number of fused-ring (bicyclic) bond motifs is 1. The molecule has 0 spiro atoms. The summed E-state index contributed by atoms with van der Waals surface area (Å²) in [6, 6.07) is 6.28. The highest BCUT2D eigenvalue weighted by Gasteiger charge is 2.41. The summed E-state index contributed by atoms with van der Waals surface area (Å²) in [5, 5.41) is 3.21. The van der Waals surface area contributed by atoms with E-state index in [-0.39, 0.29) is 23.9 Å². The zero-order chi connectivity index (χ0) is 24.6. The van der Waals surface area contributed by atoms with Crippen LogP contribution in [-0.2, 0) is 29.1 Å². The molecule has 184 valence electrons. The average Bonchev–Trinajstić information content (AvgIpc) is 3.17. The Labute approximate surface area is 203 Å². The number of imidazole rings is 1. The van der Waals surface area contributed by atoms with Gasteiger partial charge in [-0.25, -0.2) is 4.98 Å². The highest BCUT2D eigenvalue weighted by molar-refractivity contribution is 5.90. The molecule has 3 N–H and O–H groups in total. The van der Waals surface area contributed by atoms with E-state index >= 15 is 0 Å². The molecule has 0 radical (unpaired) electrons. The number of nitrogens with zero attached hydrogens (tertiary/aromatic N) is 3. The number of aryl methyl sites for hydroxylation is 2. The number of hydrogen-bond acceptors (Lipinski definition) is 4. The van der Waals surface area contributed by atoms with Crippen molar-refractivity contribution in [3.8, 4) is 0 Å². The largest absolute Gasteiger partial charge is 0.352 e. The van der Waals surface area contributed by atoms with Crippen LogP contribution in [-0.4, -0.2) is 44.4 Å². The summed E-state index contributed by atoms with van der Waals surface area (Å²) in [6.07, 6.45) is 5.93. The zero-order valence-corrected chi connectivity index (χ0v) is 21.2. The third-order valence-electron chi connectivity index (χ3n) is 7.28. The Hall–Kier alpha value is -2.67. The van der Waals surface area contributed by atoms with Crippen LogP contribution in [0.4, 0.5) is 0 Å². The maximum Gasteiger partial charge on any atom is 0.243 e. The highest BCUT2D eigenvalue weighted by Crippen LogP contribution is 2.29. The van der Waals surface area contributed by atoms with Crippen LogP contribution in [0.5, 0.6) is 0 Å². The van der Waals surface area contributed by atoms with Crippen molar-refractivity contribution in [3.05, 3.63) is 52.6 Å². The Morgan fingerprint density at radius 2 is 1.85 bits per heavy atom. The minimum absolute atomic E-state index is 0.0107. The number of carbonyl (C=O) groups excluding carboxylic acids is 2. The number of benzene rings is 1. The van der Waals surface area contributed by atoms with Crippen LogP contribution in [0.3, 0.4) is 0 Å². The Kier molecular flexibility index (Phi) is 6.85. The van der Waals surface area contributed by atoms with Crippen LogP contribution in [0.2, 0.25) is 0 Å². The van der Waals surface area contributed by atoms with E-state index in [1.807, 2.05) is 27.1 Å². The van der Waals surface area contributed by atoms with Crippen molar-refractivity contribution < 1.29 is 9.59 Å². The first kappa shape index (κ1) is 24.5. The number of hydrogen-bond donors (Lipinski definition) is 2. The lowest BCUT2D eigenvalue weighted by molar-refractivity contribution is -0.148. The molecule has 1 aromatic heterocycles. The molecule has 1 aliphatic carbocycles. The molecule has 1 atom stereocenters. The predicted molar refractivity (Wildman–Crippen MR) is 133 cm³/mol. The van der Waals surface area contributed by atoms with Gasteiger partial charge in [0.2, 0.25) is 11.8 Å². The SMILES string of the molecule is Cc1ccc(C)c(Cn2cnc3c2CN(C(=O)C(C)(C)C)C(C(=O)NC2CCC(N)CC2)C3)c1. The van der Waals surface area contributed by atoms with Crippen molar-refractivity contribution in [1.82, 2.24) is 19.8 Å². The first-order chi connectivity index (χ1) is 16.0. The van der Waals surface area contributed by atoms with E-state index in [0.29, 0.717) is 19.5 Å². The third kappa shape index (κ3) is 5.19. The smallest absolute Gasteiger partial charge is 0.243 e. The van der Waals surface area contributed by atoms with Gasteiger partial charge in [0.25, 0.3) is 0 Å². The fourth-order valence-electron chi connectivity index (χ4n) is 5.10. The molecule has 2 aliphatic rings. The van der Waals surface area contributed by atoms with Gasteiger partial charge in [0.05, 0.1) is 24.3 Å². The van der Waals surface area contributed by atoms with Gasteiger partial charge >= 0.3 is 0 Å². The zero-order valence-electron chi connectivity index (χ0n) is 21.2. The molecular formula is C27H39N5O2. The van der Waals surface area contributed by atoms with E-state index in [2.05, 4.69) is 46.9 Å². The van der Waals surface area contributed by atoms with Gasteiger partial charge in [-0.1, -0.05) is 44.5 Å². The van der Waals surface area contributed by atoms with Gasteiger partial charge in [0, 0.05) is 30.5 Å². The average molecular weight is 466 g/mol. The lowest BCUT2D eigenvalue weighted by Crippen LogP contribution is -2.57. The molecule has 7 nitrogen and oxygen atoms in total. The fourth-order valence-corrected chi connectivity index (χ4v) is 5.10. The molecule has 1 fully saturated rings. The van der Waals surface area contributed by atoms with Crippen molar-refractivity contribution in [2.45, 2.75) is 97.9 Å². The van der Waals surface area contributed by atoms with Crippen molar-refractivity contribution in [1.29, 1.82) is 0 Å². The summed E-state index contributed by atoms with van der Waals surface area (Å²) in [5.74, 6) is -0.0868. The predicted octanol–water partition coefficient (Wildman–Crippen LogP) is 3.23. The van der Waals surface area contributed by atoms with Crippen LogP contribution in [0.1, 0.15) is 74.5 Å². The van der Waals surface area contributed by atoms with Gasteiger partial charge in [-0.05, 0) is 50.7 Å². The van der Waals surface area contributed by atoms with E-state index < -0.39 is 11.5 Å². The van der Waals surface area contributed by atoms with E-state index in [4.69, 9.17) is 5.73 Å². The second-order valence-electron chi connectivity index (χ2n) is 11.2. The van der Waals surface area contributed by atoms with E-state index in [0.717, 1.165) is 37.1 Å². The molecule has 7 heteroatoms. The van der Waals surface area contributed by atoms with Crippen molar-refractivity contribution in [2.24, 2.45) is 11.1 Å². The summed E-state index contributed by atoms with van der Waals surface area (Å²) < 4.78 is 2.14. The minimum Gasteiger partial charge on any atom is -0.352 e. The summed E-state index contributed by atoms with van der Waals surface area (Å²) >= 11 is 0. The van der Waals surface area contributed by atoms with Gasteiger partial charge in [-0.2, -0.15) is 0 Å². The summed E-state index contributed by atoms with van der Waals surface area (Å²) in [5.41, 5.74) is 11.1. The van der Waals surface area contributed by atoms with Gasteiger partial charge in [0.1, 0.15) is 6.04 Å². The monoisotopic (exact) mass is 465 g/mol. The van der Waals surface area contributed by atoms with Gasteiger partial charge in [-0.3, -0.25) is 9.59 Å². The normalized spacial score (nSPS) is 22.9. The molecule has 4 rings (SSSR count). The lowest BCUT2D eigenvalue weighted by atomic mass is 9.90. The van der Waals surface area contributed by atoms with Crippen LogP contribution in [0.25, 0.3) is 0 Å². The molecule has 2 aromatic rings. The highest BCUT2D eigenvalue weighted by atomic mass is 16.2. The Bertz CT molecular complexity index is 1060. The van der Waals surface area contributed by atoms with Crippen LogP contribution < -0.4 is 11.1 Å². The lowest BCUT2D eigenvalue weighted by Gasteiger charge is -2.39. The van der Waals surface area contributed by atoms with E-state index in [9.17, 15) is 9.59 Å². The van der Waals surface area contributed by atoms with E-state index in [1.165, 1.54) is 16.7 Å². The summed E-state index contributed by atoms with van der Waals surface area (Å²) in [4.78, 5) is 33.3. The van der Waals surface area contributed by atoms with Crippen molar-refractivity contribution in [2.75, 3.05) is 0 Å². The van der Waals surface area contributed by atoms with Crippen molar-refractivity contribution >= 4 is 11.8 Å². The second-order valence-corrected chi connectivity index (χ2v) is 11.2. The molecular weight excluding hydrogens is 426 g/mol.